The summed E-state index contributed by atoms with van der Waals surface area (Å²) in [4.78, 5) is 11.4. The average Bonchev–Trinajstić information content (AvgIpc) is 2.49. The highest BCUT2D eigenvalue weighted by molar-refractivity contribution is 6.76. The van der Waals surface area contributed by atoms with Crippen molar-refractivity contribution in [1.82, 2.24) is 0 Å². The second kappa shape index (κ2) is 5.07. The first kappa shape index (κ1) is 14.0. The minimum absolute atomic E-state index is 0.259. The Labute approximate surface area is 100 Å². The monoisotopic (exact) mass is 262 g/mol. The normalized spacial score (nSPS) is 22.6. The fourth-order valence-electron chi connectivity index (χ4n) is 1.24. The van der Waals surface area contributed by atoms with Crippen molar-refractivity contribution in [3.8, 4) is 0 Å². The third kappa shape index (κ3) is 3.45. The van der Waals surface area contributed by atoms with E-state index in [1.54, 1.807) is 0 Å². The quantitative estimate of drug-likeness (QED) is 0.474. The van der Waals surface area contributed by atoms with Crippen molar-refractivity contribution in [3.63, 3.8) is 0 Å². The molecule has 17 heavy (non-hydrogen) atoms. The van der Waals surface area contributed by atoms with Crippen molar-refractivity contribution >= 4 is 14.0 Å². The van der Waals surface area contributed by atoms with E-state index in [0.717, 1.165) is 0 Å². The SMILES string of the molecule is C[Si](C)(C)COC1=C(O)C(C(O)CO)OC1=O. The zero-order valence-electron chi connectivity index (χ0n) is 10.1. The highest BCUT2D eigenvalue weighted by Crippen LogP contribution is 2.24. The molecule has 1 aliphatic heterocycles. The molecule has 0 radical (unpaired) electrons. The molecule has 0 amide bonds. The number of cyclic esters (lactones) is 1. The molecule has 0 aromatic carbocycles. The first-order chi connectivity index (χ1) is 7.76. The maximum Gasteiger partial charge on any atom is 0.378 e. The van der Waals surface area contributed by atoms with Gasteiger partial charge in [-0.25, -0.2) is 4.79 Å². The minimum Gasteiger partial charge on any atom is -0.505 e. The van der Waals surface area contributed by atoms with E-state index in [0.29, 0.717) is 6.23 Å². The molecule has 98 valence electrons. The zero-order valence-corrected chi connectivity index (χ0v) is 11.1. The van der Waals surface area contributed by atoms with Gasteiger partial charge >= 0.3 is 5.97 Å². The molecule has 1 rings (SSSR count). The van der Waals surface area contributed by atoms with Crippen LogP contribution < -0.4 is 0 Å². The Kier molecular flexibility index (Phi) is 4.18. The molecule has 6 nitrogen and oxygen atoms in total. The van der Waals surface area contributed by atoms with E-state index >= 15 is 0 Å². The lowest BCUT2D eigenvalue weighted by molar-refractivity contribution is -0.148. The maximum absolute atomic E-state index is 11.4. The van der Waals surface area contributed by atoms with Crippen LogP contribution in [0, 0.1) is 0 Å². The fourth-order valence-corrected chi connectivity index (χ4v) is 1.81. The Morgan fingerprint density at radius 1 is 1.47 bits per heavy atom. The molecule has 0 saturated carbocycles. The van der Waals surface area contributed by atoms with Gasteiger partial charge in [0.1, 0.15) is 6.10 Å². The summed E-state index contributed by atoms with van der Waals surface area (Å²) in [5.74, 6) is -1.52. The van der Waals surface area contributed by atoms with Crippen molar-refractivity contribution < 1.29 is 29.6 Å². The van der Waals surface area contributed by atoms with Crippen LogP contribution in [0.1, 0.15) is 0 Å². The Morgan fingerprint density at radius 2 is 2.06 bits per heavy atom. The molecule has 0 aromatic heterocycles. The number of esters is 1. The van der Waals surface area contributed by atoms with Gasteiger partial charge in [0.05, 0.1) is 20.9 Å². The third-order valence-corrected chi connectivity index (χ3v) is 3.12. The average molecular weight is 262 g/mol. The summed E-state index contributed by atoms with van der Waals surface area (Å²) < 4.78 is 9.96. The van der Waals surface area contributed by atoms with Gasteiger partial charge in [0.2, 0.25) is 5.76 Å². The topological polar surface area (TPSA) is 96.2 Å². The second-order valence-electron chi connectivity index (χ2n) is 5.14. The Balaban J connectivity index is 2.75. The van der Waals surface area contributed by atoms with Gasteiger partial charge in [-0.2, -0.15) is 0 Å². The molecule has 0 aromatic rings. The summed E-state index contributed by atoms with van der Waals surface area (Å²) in [6, 6.07) is 0. The number of hydrogen-bond acceptors (Lipinski definition) is 6. The third-order valence-electron chi connectivity index (χ3n) is 2.11. The van der Waals surface area contributed by atoms with Gasteiger partial charge in [-0.1, -0.05) is 19.6 Å². The molecule has 2 atom stereocenters. The first-order valence-corrected chi connectivity index (χ1v) is 9.03. The Hall–Kier alpha value is -1.05. The van der Waals surface area contributed by atoms with E-state index in [9.17, 15) is 15.0 Å². The molecule has 2 unspecified atom stereocenters. The molecule has 7 heteroatoms. The van der Waals surface area contributed by atoms with Crippen LogP contribution >= 0.6 is 0 Å². The summed E-state index contributed by atoms with van der Waals surface area (Å²) >= 11 is 0. The number of ether oxygens (including phenoxy) is 2. The first-order valence-electron chi connectivity index (χ1n) is 5.32. The van der Waals surface area contributed by atoms with Crippen molar-refractivity contribution in [1.29, 1.82) is 0 Å². The Bertz CT molecular complexity index is 332. The zero-order chi connectivity index (χ0) is 13.2. The van der Waals surface area contributed by atoms with Crippen LogP contribution in [0.2, 0.25) is 19.6 Å². The van der Waals surface area contributed by atoms with Crippen molar-refractivity contribution in [2.24, 2.45) is 0 Å². The van der Waals surface area contributed by atoms with Gasteiger partial charge in [-0.15, -0.1) is 0 Å². The second-order valence-corrected chi connectivity index (χ2v) is 10.5. The van der Waals surface area contributed by atoms with Crippen LogP contribution in [0.25, 0.3) is 0 Å². The van der Waals surface area contributed by atoms with Crippen LogP contribution in [0.5, 0.6) is 0 Å². The van der Waals surface area contributed by atoms with Gasteiger partial charge < -0.3 is 24.8 Å². The molecule has 0 fully saturated rings. The van der Waals surface area contributed by atoms with Crippen molar-refractivity contribution in [3.05, 3.63) is 11.5 Å². The van der Waals surface area contributed by atoms with E-state index < -0.39 is 38.6 Å². The smallest absolute Gasteiger partial charge is 0.378 e. The van der Waals surface area contributed by atoms with E-state index in [-0.39, 0.29) is 5.76 Å². The standard InChI is InChI=1S/C10H18O6Si/c1-17(2,3)5-15-9-7(13)8(6(12)4-11)16-10(9)14/h6,8,11-13H,4-5H2,1-3H3. The lowest BCUT2D eigenvalue weighted by atomic mass is 10.2. The number of carbonyl (C=O) groups excluding carboxylic acids is 1. The number of hydrogen-bond donors (Lipinski definition) is 3. The predicted molar refractivity (Wildman–Crippen MR) is 61.9 cm³/mol. The lowest BCUT2D eigenvalue weighted by Gasteiger charge is -2.16. The largest absolute Gasteiger partial charge is 0.505 e. The fraction of sp³-hybridized carbons (Fsp3) is 0.700. The number of rotatable bonds is 5. The number of carbonyl (C=O) groups is 1. The highest BCUT2D eigenvalue weighted by atomic mass is 28.3. The summed E-state index contributed by atoms with van der Waals surface area (Å²) in [7, 11) is -1.53. The molecular formula is C10H18O6Si. The minimum atomic E-state index is -1.53. The predicted octanol–water partition coefficient (Wildman–Crippen LogP) is -0.0714. The van der Waals surface area contributed by atoms with E-state index in [1.165, 1.54) is 0 Å². The summed E-state index contributed by atoms with van der Waals surface area (Å²) in [6.07, 6.45) is -2.21. The molecule has 3 N–H and O–H groups in total. The summed E-state index contributed by atoms with van der Waals surface area (Å²) in [6.45, 7) is 5.53. The molecule has 1 aliphatic rings. The maximum atomic E-state index is 11.4. The van der Waals surface area contributed by atoms with Crippen LogP contribution in [0.15, 0.2) is 11.5 Å². The van der Waals surface area contributed by atoms with Crippen LogP contribution in [-0.2, 0) is 14.3 Å². The van der Waals surface area contributed by atoms with E-state index in [2.05, 4.69) is 0 Å². The van der Waals surface area contributed by atoms with Gasteiger partial charge in [0.15, 0.2) is 11.9 Å². The van der Waals surface area contributed by atoms with Crippen molar-refractivity contribution in [2.75, 3.05) is 12.8 Å². The van der Waals surface area contributed by atoms with Crippen LogP contribution in [0.3, 0.4) is 0 Å². The molecule has 0 aliphatic carbocycles. The van der Waals surface area contributed by atoms with Gasteiger partial charge in [0.25, 0.3) is 0 Å². The summed E-state index contributed by atoms with van der Waals surface area (Å²) in [5.41, 5.74) is 0. The molecular weight excluding hydrogens is 244 g/mol. The van der Waals surface area contributed by atoms with Crippen molar-refractivity contribution in [2.45, 2.75) is 31.8 Å². The lowest BCUT2D eigenvalue weighted by Crippen LogP contribution is -2.31. The highest BCUT2D eigenvalue weighted by Gasteiger charge is 2.40. The van der Waals surface area contributed by atoms with Crippen LogP contribution in [-0.4, -0.2) is 54.4 Å². The van der Waals surface area contributed by atoms with E-state index in [1.807, 2.05) is 19.6 Å². The Morgan fingerprint density at radius 3 is 2.53 bits per heavy atom. The van der Waals surface area contributed by atoms with E-state index in [4.69, 9.17) is 14.6 Å². The summed E-state index contributed by atoms with van der Waals surface area (Å²) in [5, 5.41) is 27.7. The number of aliphatic hydroxyl groups is 3. The van der Waals surface area contributed by atoms with Crippen LogP contribution in [0.4, 0.5) is 0 Å². The molecule has 0 spiro atoms. The van der Waals surface area contributed by atoms with Gasteiger partial charge in [0, 0.05) is 0 Å². The molecule has 0 bridgehead atoms. The molecule has 0 saturated heterocycles. The van der Waals surface area contributed by atoms with Gasteiger partial charge in [-0.05, 0) is 0 Å². The van der Waals surface area contributed by atoms with Gasteiger partial charge in [-0.3, -0.25) is 0 Å². The molecule has 1 heterocycles. The number of aliphatic hydroxyl groups excluding tert-OH is 3.